The van der Waals surface area contributed by atoms with E-state index in [0.717, 1.165) is 26.9 Å². The third-order valence-corrected chi connectivity index (χ3v) is 6.84. The number of nitrogens with zero attached hydrogens (tertiary/aromatic N) is 3. The predicted molar refractivity (Wildman–Crippen MR) is 147 cm³/mol. The zero-order valence-electron chi connectivity index (χ0n) is 19.3. The van der Waals surface area contributed by atoms with Crippen molar-refractivity contribution in [1.29, 1.82) is 5.41 Å². The summed E-state index contributed by atoms with van der Waals surface area (Å²) in [6.07, 6.45) is 1.64. The molecule has 0 fully saturated rings. The quantitative estimate of drug-likeness (QED) is 0.288. The van der Waals surface area contributed by atoms with Crippen molar-refractivity contribution >= 4 is 55.7 Å². The second-order valence-corrected chi connectivity index (χ2v) is 9.89. The van der Waals surface area contributed by atoms with E-state index >= 15 is 0 Å². The van der Waals surface area contributed by atoms with Crippen LogP contribution in [0.15, 0.2) is 92.9 Å². The molecule has 1 amide bonds. The van der Waals surface area contributed by atoms with Gasteiger partial charge in [0.15, 0.2) is 5.84 Å². The number of carbonyl (C=O) groups is 1. The van der Waals surface area contributed by atoms with E-state index in [1.54, 1.807) is 6.08 Å². The summed E-state index contributed by atoms with van der Waals surface area (Å²) < 4.78 is 12.5. The fourth-order valence-corrected chi connectivity index (χ4v) is 4.68. The van der Waals surface area contributed by atoms with E-state index in [4.69, 9.17) is 14.9 Å². The van der Waals surface area contributed by atoms with E-state index in [0.29, 0.717) is 29.2 Å². The maximum Gasteiger partial charge on any atom is 0.283 e. The van der Waals surface area contributed by atoms with Crippen molar-refractivity contribution in [1.82, 2.24) is 5.01 Å². The van der Waals surface area contributed by atoms with Gasteiger partial charge in [0.1, 0.15) is 29.8 Å². The Balaban J connectivity index is 1.26. The maximum atomic E-state index is 12.8. The highest BCUT2D eigenvalue weighted by molar-refractivity contribution is 9.10. The number of benzene rings is 3. The number of aliphatic imine (C=N–C) groups is 1. The number of amides is 1. The second-order valence-electron chi connectivity index (χ2n) is 8.01. The highest BCUT2D eigenvalue weighted by atomic mass is 79.9. The molecular weight excluding hydrogens is 540 g/mol. The summed E-state index contributed by atoms with van der Waals surface area (Å²) >= 11 is 4.68. The number of thioether (sulfide) groups is 1. The van der Waals surface area contributed by atoms with Crippen LogP contribution in [0.5, 0.6) is 11.5 Å². The van der Waals surface area contributed by atoms with Crippen LogP contribution in [0, 0.1) is 12.3 Å². The molecule has 0 unspecified atom stereocenters. The number of halogens is 1. The fraction of sp³-hybridized carbons (Fsp3) is 0.111. The Kier molecular flexibility index (Phi) is 7.02. The van der Waals surface area contributed by atoms with Gasteiger partial charge in [-0.3, -0.25) is 10.2 Å². The summed E-state index contributed by atoms with van der Waals surface area (Å²) in [5.41, 5.74) is 2.96. The number of hydrogen-bond donors (Lipinski definition) is 1. The van der Waals surface area contributed by atoms with E-state index < -0.39 is 5.91 Å². The Hall–Kier alpha value is -3.69. The Morgan fingerprint density at radius 1 is 1.00 bits per heavy atom. The highest BCUT2D eigenvalue weighted by Crippen LogP contribution is 2.31. The normalized spacial score (nSPS) is 16.1. The van der Waals surface area contributed by atoms with Crippen LogP contribution >= 0.6 is 27.7 Å². The minimum Gasteiger partial charge on any atom is -0.490 e. The number of fused-ring (bicyclic) bond motifs is 1. The summed E-state index contributed by atoms with van der Waals surface area (Å²) in [6.45, 7) is 2.77. The Morgan fingerprint density at radius 3 is 2.47 bits per heavy atom. The van der Waals surface area contributed by atoms with Gasteiger partial charge in [0.05, 0.1) is 5.57 Å². The zero-order valence-corrected chi connectivity index (χ0v) is 21.7. The Morgan fingerprint density at radius 2 is 1.72 bits per heavy atom. The predicted octanol–water partition coefficient (Wildman–Crippen LogP) is 5.88. The number of ether oxygens (including phenoxy) is 2. The van der Waals surface area contributed by atoms with E-state index in [-0.39, 0.29) is 11.4 Å². The molecule has 2 aliphatic rings. The number of rotatable bonds is 7. The van der Waals surface area contributed by atoms with Gasteiger partial charge in [-0.05, 0) is 66.7 Å². The monoisotopic (exact) mass is 560 g/mol. The van der Waals surface area contributed by atoms with Gasteiger partial charge in [-0.15, -0.1) is 0 Å². The maximum absolute atomic E-state index is 12.8. The third-order valence-electron chi connectivity index (χ3n) is 5.36. The molecule has 1 N–H and O–H groups in total. The Labute approximate surface area is 221 Å². The van der Waals surface area contributed by atoms with Gasteiger partial charge in [-0.1, -0.05) is 57.9 Å². The lowest BCUT2D eigenvalue weighted by Crippen LogP contribution is -2.35. The molecule has 5 rings (SSSR count). The van der Waals surface area contributed by atoms with Crippen LogP contribution in [0.4, 0.5) is 0 Å². The molecule has 2 aliphatic heterocycles. The molecule has 0 atom stereocenters. The highest BCUT2D eigenvalue weighted by Gasteiger charge is 2.36. The number of nitrogens with one attached hydrogen (secondary N) is 1. The van der Waals surface area contributed by atoms with E-state index in [9.17, 15) is 4.79 Å². The molecule has 0 aliphatic carbocycles. The topological polar surface area (TPSA) is 87.3 Å². The second kappa shape index (κ2) is 10.5. The lowest BCUT2D eigenvalue weighted by Gasteiger charge is -2.20. The van der Waals surface area contributed by atoms with Crippen LogP contribution in [0.2, 0.25) is 0 Å². The molecule has 180 valence electrons. The number of amidine groups is 2. The molecule has 36 heavy (non-hydrogen) atoms. The van der Waals surface area contributed by atoms with Gasteiger partial charge in [0, 0.05) is 10.0 Å². The van der Waals surface area contributed by atoms with Crippen LogP contribution in [-0.2, 0) is 4.79 Å². The fourth-order valence-electron chi connectivity index (χ4n) is 3.52. The summed E-state index contributed by atoms with van der Waals surface area (Å²) in [5, 5.41) is 15.6. The minimum absolute atomic E-state index is 0.00571. The van der Waals surface area contributed by atoms with Crippen molar-refractivity contribution in [2.75, 3.05) is 13.2 Å². The molecule has 0 saturated carbocycles. The van der Waals surface area contributed by atoms with Crippen molar-refractivity contribution in [3.63, 3.8) is 0 Å². The number of hydrazone groups is 1. The molecule has 3 aromatic carbocycles. The smallest absolute Gasteiger partial charge is 0.283 e. The standard InChI is InChI=1S/C27H21BrN4O3S/c1-17-5-7-19(8-6-17)26-31-32-24(29)23(25(33)30-27(32)36-26)16-18-3-2-4-22(15-18)35-14-13-34-21-11-9-20(28)10-12-21/h2-12,15-16,29H,13-14H2,1H3/b23-16+,29-24?. The number of carbonyl (C=O) groups excluding carboxylic acids is 1. The number of hydrogen-bond acceptors (Lipinski definition) is 6. The lowest BCUT2D eigenvalue weighted by molar-refractivity contribution is -0.114. The SMILES string of the molecule is Cc1ccc(C2=NN3C(=N)/C(=C\c4cccc(OCCOc5ccc(Br)cc5)c4)C(=O)N=C3S2)cc1. The van der Waals surface area contributed by atoms with Gasteiger partial charge in [0.2, 0.25) is 5.17 Å². The van der Waals surface area contributed by atoms with Gasteiger partial charge in [-0.2, -0.15) is 15.1 Å². The zero-order chi connectivity index (χ0) is 25.1. The molecule has 2 heterocycles. The molecule has 7 nitrogen and oxygen atoms in total. The molecule has 0 saturated heterocycles. The largest absolute Gasteiger partial charge is 0.490 e. The molecule has 0 radical (unpaired) electrons. The van der Waals surface area contributed by atoms with Crippen molar-refractivity contribution in [3.05, 3.63) is 99.5 Å². The molecule has 0 bridgehead atoms. The average Bonchev–Trinajstić information content (AvgIpc) is 3.30. The molecular formula is C27H21BrN4O3S. The summed E-state index contributed by atoms with van der Waals surface area (Å²) in [5.74, 6) is 0.934. The summed E-state index contributed by atoms with van der Waals surface area (Å²) in [7, 11) is 0. The van der Waals surface area contributed by atoms with Gasteiger partial charge in [0.25, 0.3) is 5.91 Å². The average molecular weight is 561 g/mol. The lowest BCUT2D eigenvalue weighted by atomic mass is 10.1. The van der Waals surface area contributed by atoms with Gasteiger partial charge in [-0.25, -0.2) is 0 Å². The van der Waals surface area contributed by atoms with Gasteiger partial charge < -0.3 is 9.47 Å². The van der Waals surface area contributed by atoms with E-state index in [1.807, 2.05) is 79.7 Å². The first-order valence-corrected chi connectivity index (χ1v) is 12.8. The third kappa shape index (κ3) is 5.42. The molecule has 3 aromatic rings. The minimum atomic E-state index is -0.465. The molecule has 9 heteroatoms. The first-order valence-electron chi connectivity index (χ1n) is 11.1. The summed E-state index contributed by atoms with van der Waals surface area (Å²) in [4.78, 5) is 16.9. The summed E-state index contributed by atoms with van der Waals surface area (Å²) in [6, 6.07) is 22.9. The molecule has 0 aromatic heterocycles. The Bertz CT molecular complexity index is 1420. The van der Waals surface area contributed by atoms with Crippen LogP contribution in [0.25, 0.3) is 6.08 Å². The van der Waals surface area contributed by atoms with Crippen molar-refractivity contribution in [2.45, 2.75) is 6.92 Å². The van der Waals surface area contributed by atoms with Crippen LogP contribution < -0.4 is 9.47 Å². The van der Waals surface area contributed by atoms with Crippen LogP contribution in [0.1, 0.15) is 16.7 Å². The van der Waals surface area contributed by atoms with Crippen molar-refractivity contribution < 1.29 is 14.3 Å². The van der Waals surface area contributed by atoms with Crippen molar-refractivity contribution in [2.24, 2.45) is 10.1 Å². The molecule has 0 spiro atoms. The first-order chi connectivity index (χ1) is 17.5. The first kappa shape index (κ1) is 24.0. The van der Waals surface area contributed by atoms with Crippen LogP contribution in [-0.4, -0.2) is 40.2 Å². The van der Waals surface area contributed by atoms with Crippen LogP contribution in [0.3, 0.4) is 0 Å². The van der Waals surface area contributed by atoms with E-state index in [2.05, 4.69) is 26.0 Å². The number of aryl methyl sites for hydroxylation is 1. The van der Waals surface area contributed by atoms with Crippen molar-refractivity contribution in [3.8, 4) is 11.5 Å². The van der Waals surface area contributed by atoms with E-state index in [1.165, 1.54) is 16.8 Å². The van der Waals surface area contributed by atoms with Gasteiger partial charge >= 0.3 is 0 Å².